The number of hydrogen-bond acceptors (Lipinski definition) is 3. The van der Waals surface area contributed by atoms with Crippen LogP contribution in [0.4, 0.5) is 5.69 Å². The number of ether oxygens (including phenoxy) is 1. The Morgan fingerprint density at radius 1 is 0.952 bits per heavy atom. The number of fused-ring (bicyclic) bond motifs is 1. The van der Waals surface area contributed by atoms with Crippen molar-refractivity contribution in [3.63, 3.8) is 0 Å². The molecule has 3 aromatic rings. The van der Waals surface area contributed by atoms with Gasteiger partial charge in [-0.1, -0.05) is 30.3 Å². The smallest absolute Gasteiger partial charge is 0.121 e. The van der Waals surface area contributed by atoms with Crippen molar-refractivity contribution in [3.05, 3.63) is 66.2 Å². The Labute approximate surface area is 123 Å². The van der Waals surface area contributed by atoms with Gasteiger partial charge in [-0.2, -0.15) is 0 Å². The summed E-state index contributed by atoms with van der Waals surface area (Å²) in [5, 5.41) is 15.6. The lowest BCUT2D eigenvalue weighted by Crippen LogP contribution is -2.00. The van der Waals surface area contributed by atoms with Crippen LogP contribution in [0.15, 0.2) is 60.7 Å². The van der Waals surface area contributed by atoms with Crippen LogP contribution in [-0.4, -0.2) is 12.2 Å². The van der Waals surface area contributed by atoms with E-state index >= 15 is 0 Å². The standard InChI is InChI=1S/C18H17NO2/c1-21-15-9-7-14(8-10-15)19-12-17-16-5-3-2-4-13(16)6-11-18(17)20/h2-11,19-20H,12H2,1H3. The van der Waals surface area contributed by atoms with Crippen molar-refractivity contribution < 1.29 is 9.84 Å². The first-order chi connectivity index (χ1) is 10.3. The number of methoxy groups -OCH3 is 1. The Bertz CT molecular complexity index is 751. The van der Waals surface area contributed by atoms with Crippen LogP contribution in [-0.2, 0) is 6.54 Å². The summed E-state index contributed by atoms with van der Waals surface area (Å²) in [4.78, 5) is 0. The highest BCUT2D eigenvalue weighted by molar-refractivity contribution is 5.87. The van der Waals surface area contributed by atoms with Crippen molar-refractivity contribution in [2.75, 3.05) is 12.4 Å². The highest BCUT2D eigenvalue weighted by Gasteiger charge is 2.06. The normalized spacial score (nSPS) is 10.5. The molecule has 2 N–H and O–H groups in total. The molecule has 3 aromatic carbocycles. The third kappa shape index (κ3) is 2.77. The lowest BCUT2D eigenvalue weighted by Gasteiger charge is -2.11. The molecule has 3 heteroatoms. The second-order valence-corrected chi connectivity index (χ2v) is 4.87. The van der Waals surface area contributed by atoms with E-state index in [-0.39, 0.29) is 0 Å². The van der Waals surface area contributed by atoms with Crippen LogP contribution in [0.5, 0.6) is 11.5 Å². The van der Waals surface area contributed by atoms with E-state index in [0.29, 0.717) is 12.3 Å². The molecule has 0 bridgehead atoms. The summed E-state index contributed by atoms with van der Waals surface area (Å²) in [7, 11) is 1.65. The van der Waals surface area contributed by atoms with E-state index in [0.717, 1.165) is 27.8 Å². The van der Waals surface area contributed by atoms with E-state index < -0.39 is 0 Å². The minimum atomic E-state index is 0.315. The Hall–Kier alpha value is -2.68. The van der Waals surface area contributed by atoms with Crippen LogP contribution < -0.4 is 10.1 Å². The Morgan fingerprint density at radius 2 is 1.71 bits per heavy atom. The van der Waals surface area contributed by atoms with Crippen molar-refractivity contribution in [1.29, 1.82) is 0 Å². The zero-order valence-electron chi connectivity index (χ0n) is 11.8. The number of nitrogens with one attached hydrogen (secondary N) is 1. The topological polar surface area (TPSA) is 41.5 Å². The molecule has 0 aliphatic heterocycles. The molecule has 3 nitrogen and oxygen atoms in total. The van der Waals surface area contributed by atoms with Gasteiger partial charge in [0.2, 0.25) is 0 Å². The van der Waals surface area contributed by atoms with E-state index in [1.165, 1.54) is 0 Å². The minimum Gasteiger partial charge on any atom is -0.508 e. The molecule has 0 atom stereocenters. The summed E-state index contributed by atoms with van der Waals surface area (Å²) < 4.78 is 5.14. The number of aromatic hydroxyl groups is 1. The molecule has 3 rings (SSSR count). The summed E-state index contributed by atoms with van der Waals surface area (Å²) >= 11 is 0. The molecular weight excluding hydrogens is 262 g/mol. The fraction of sp³-hybridized carbons (Fsp3) is 0.111. The van der Waals surface area contributed by atoms with Crippen LogP contribution in [0.3, 0.4) is 0 Å². The van der Waals surface area contributed by atoms with Gasteiger partial charge in [0, 0.05) is 17.8 Å². The van der Waals surface area contributed by atoms with Gasteiger partial charge in [-0.05, 0) is 41.1 Å². The molecule has 0 radical (unpaired) electrons. The number of anilines is 1. The quantitative estimate of drug-likeness (QED) is 0.753. The van der Waals surface area contributed by atoms with Gasteiger partial charge in [-0.25, -0.2) is 0 Å². The van der Waals surface area contributed by atoms with Crippen molar-refractivity contribution in [2.45, 2.75) is 6.54 Å². The van der Waals surface area contributed by atoms with Crippen LogP contribution >= 0.6 is 0 Å². The van der Waals surface area contributed by atoms with Crippen LogP contribution in [0.2, 0.25) is 0 Å². The van der Waals surface area contributed by atoms with Crippen LogP contribution in [0.25, 0.3) is 10.8 Å². The van der Waals surface area contributed by atoms with E-state index in [9.17, 15) is 5.11 Å². The molecule has 21 heavy (non-hydrogen) atoms. The summed E-state index contributed by atoms with van der Waals surface area (Å²) in [6, 6.07) is 19.5. The fourth-order valence-corrected chi connectivity index (χ4v) is 2.41. The molecular formula is C18H17NO2. The van der Waals surface area contributed by atoms with Crippen molar-refractivity contribution in [2.24, 2.45) is 0 Å². The van der Waals surface area contributed by atoms with Gasteiger partial charge in [0.1, 0.15) is 11.5 Å². The van der Waals surface area contributed by atoms with Gasteiger partial charge in [0.25, 0.3) is 0 Å². The third-order valence-corrected chi connectivity index (χ3v) is 3.58. The third-order valence-electron chi connectivity index (χ3n) is 3.58. The summed E-state index contributed by atoms with van der Waals surface area (Å²) in [5.74, 6) is 1.14. The van der Waals surface area contributed by atoms with Gasteiger partial charge in [0.15, 0.2) is 0 Å². The molecule has 0 spiro atoms. The SMILES string of the molecule is COc1ccc(NCc2c(O)ccc3ccccc23)cc1. The highest BCUT2D eigenvalue weighted by atomic mass is 16.5. The largest absolute Gasteiger partial charge is 0.508 e. The predicted molar refractivity (Wildman–Crippen MR) is 85.9 cm³/mol. The van der Waals surface area contributed by atoms with E-state index in [4.69, 9.17) is 4.74 Å². The molecule has 0 fully saturated rings. The van der Waals surface area contributed by atoms with E-state index in [1.54, 1.807) is 13.2 Å². The first-order valence-electron chi connectivity index (χ1n) is 6.85. The van der Waals surface area contributed by atoms with E-state index in [2.05, 4.69) is 5.32 Å². The summed E-state index contributed by atoms with van der Waals surface area (Å²) in [6.45, 7) is 0.569. The number of phenols is 1. The van der Waals surface area contributed by atoms with Gasteiger partial charge < -0.3 is 15.2 Å². The Balaban J connectivity index is 1.85. The first kappa shape index (κ1) is 13.3. The molecule has 0 unspecified atom stereocenters. The predicted octanol–water partition coefficient (Wildman–Crippen LogP) is 4.17. The average Bonchev–Trinajstić information content (AvgIpc) is 2.54. The lowest BCUT2D eigenvalue weighted by atomic mass is 10.0. The molecule has 0 amide bonds. The van der Waals surface area contributed by atoms with Gasteiger partial charge in [0.05, 0.1) is 7.11 Å². The van der Waals surface area contributed by atoms with Gasteiger partial charge in [-0.3, -0.25) is 0 Å². The molecule has 0 aromatic heterocycles. The summed E-state index contributed by atoms with van der Waals surface area (Å²) in [5.41, 5.74) is 1.90. The monoisotopic (exact) mass is 279 g/mol. The molecule has 0 aliphatic carbocycles. The van der Waals surface area contributed by atoms with Gasteiger partial charge >= 0.3 is 0 Å². The zero-order valence-corrected chi connectivity index (χ0v) is 11.8. The van der Waals surface area contributed by atoms with Crippen molar-refractivity contribution in [3.8, 4) is 11.5 Å². The maximum absolute atomic E-state index is 10.1. The molecule has 106 valence electrons. The minimum absolute atomic E-state index is 0.315. The van der Waals surface area contributed by atoms with Gasteiger partial charge in [-0.15, -0.1) is 0 Å². The summed E-state index contributed by atoms with van der Waals surface area (Å²) in [6.07, 6.45) is 0. The van der Waals surface area contributed by atoms with E-state index in [1.807, 2.05) is 54.6 Å². The molecule has 0 saturated carbocycles. The number of rotatable bonds is 4. The number of hydrogen-bond donors (Lipinski definition) is 2. The average molecular weight is 279 g/mol. The maximum Gasteiger partial charge on any atom is 0.121 e. The fourth-order valence-electron chi connectivity index (χ4n) is 2.41. The van der Waals surface area contributed by atoms with Crippen LogP contribution in [0, 0.1) is 0 Å². The lowest BCUT2D eigenvalue weighted by molar-refractivity contribution is 0.415. The second kappa shape index (κ2) is 5.75. The zero-order chi connectivity index (χ0) is 14.7. The maximum atomic E-state index is 10.1. The molecule has 0 aliphatic rings. The first-order valence-corrected chi connectivity index (χ1v) is 6.85. The number of phenolic OH excluding ortho intramolecular Hbond substituents is 1. The number of benzene rings is 3. The van der Waals surface area contributed by atoms with Crippen molar-refractivity contribution >= 4 is 16.5 Å². The Kier molecular flexibility index (Phi) is 3.65. The Morgan fingerprint density at radius 3 is 2.48 bits per heavy atom. The molecule has 0 heterocycles. The van der Waals surface area contributed by atoms with Crippen molar-refractivity contribution in [1.82, 2.24) is 0 Å². The van der Waals surface area contributed by atoms with Crippen LogP contribution in [0.1, 0.15) is 5.56 Å². The highest BCUT2D eigenvalue weighted by Crippen LogP contribution is 2.28. The second-order valence-electron chi connectivity index (χ2n) is 4.87. The molecule has 0 saturated heterocycles.